The largest absolute Gasteiger partial charge is 0.494 e. The van der Waals surface area contributed by atoms with Crippen molar-refractivity contribution in [2.75, 3.05) is 13.2 Å². The normalized spacial score (nSPS) is 17.2. The van der Waals surface area contributed by atoms with Crippen LogP contribution in [0.3, 0.4) is 0 Å². The zero-order valence-electron chi connectivity index (χ0n) is 13.8. The molecule has 0 spiro atoms. The minimum absolute atomic E-state index is 0.143. The summed E-state index contributed by atoms with van der Waals surface area (Å²) >= 11 is 0. The van der Waals surface area contributed by atoms with E-state index in [0.29, 0.717) is 25.2 Å². The molecule has 1 fully saturated rings. The molecule has 1 aromatic heterocycles. The van der Waals surface area contributed by atoms with Crippen LogP contribution < -0.4 is 4.74 Å². The first-order valence-electron chi connectivity index (χ1n) is 8.30. The van der Waals surface area contributed by atoms with Gasteiger partial charge in [0.05, 0.1) is 18.8 Å². The summed E-state index contributed by atoms with van der Waals surface area (Å²) in [5, 5.41) is 4.20. The zero-order chi connectivity index (χ0) is 16.9. The van der Waals surface area contributed by atoms with Crippen molar-refractivity contribution in [1.29, 1.82) is 0 Å². The van der Waals surface area contributed by atoms with Gasteiger partial charge in [0.2, 0.25) is 5.91 Å². The zero-order valence-corrected chi connectivity index (χ0v) is 13.8. The fraction of sp³-hybridized carbons (Fsp3) is 0.444. The molecule has 1 aliphatic rings. The molecule has 0 N–H and O–H groups in total. The average Bonchev–Trinajstić information content (AvgIpc) is 3.21. The molecule has 1 amide bonds. The van der Waals surface area contributed by atoms with Gasteiger partial charge in [-0.25, -0.2) is 4.39 Å². The third kappa shape index (κ3) is 3.93. The third-order valence-electron chi connectivity index (χ3n) is 4.30. The number of amides is 1. The highest BCUT2D eigenvalue weighted by molar-refractivity contribution is 5.77. The van der Waals surface area contributed by atoms with E-state index in [9.17, 15) is 9.18 Å². The fourth-order valence-electron chi connectivity index (χ4n) is 3.11. The molecule has 1 aliphatic heterocycles. The minimum atomic E-state index is -0.284. The first-order chi connectivity index (χ1) is 11.6. The van der Waals surface area contributed by atoms with Crippen LogP contribution in [0.4, 0.5) is 4.39 Å². The lowest BCUT2D eigenvalue weighted by molar-refractivity contribution is -0.132. The van der Waals surface area contributed by atoms with E-state index in [4.69, 9.17) is 4.74 Å². The van der Waals surface area contributed by atoms with Gasteiger partial charge in [-0.1, -0.05) is 0 Å². The summed E-state index contributed by atoms with van der Waals surface area (Å²) in [6.45, 7) is 1.25. The Bertz CT molecular complexity index is 684. The number of hydrogen-bond acceptors (Lipinski definition) is 3. The topological polar surface area (TPSA) is 47.4 Å². The van der Waals surface area contributed by atoms with E-state index in [2.05, 4.69) is 5.10 Å². The van der Waals surface area contributed by atoms with Crippen molar-refractivity contribution in [1.82, 2.24) is 14.7 Å². The van der Waals surface area contributed by atoms with Crippen LogP contribution in [0, 0.1) is 5.82 Å². The molecule has 1 unspecified atom stereocenters. The van der Waals surface area contributed by atoms with Gasteiger partial charge in [0.15, 0.2) is 0 Å². The number of likely N-dealkylation sites (tertiary alicyclic amines) is 1. The first kappa shape index (κ1) is 16.5. The van der Waals surface area contributed by atoms with Gasteiger partial charge in [0.25, 0.3) is 0 Å². The highest BCUT2D eigenvalue weighted by atomic mass is 19.1. The summed E-state index contributed by atoms with van der Waals surface area (Å²) in [7, 11) is 1.89. The highest BCUT2D eigenvalue weighted by Gasteiger charge is 2.30. The summed E-state index contributed by atoms with van der Waals surface area (Å²) in [6, 6.07) is 6.06. The molecule has 2 heterocycles. The van der Waals surface area contributed by atoms with E-state index >= 15 is 0 Å². The van der Waals surface area contributed by atoms with Crippen LogP contribution in [-0.2, 0) is 11.8 Å². The second kappa shape index (κ2) is 7.47. The first-order valence-corrected chi connectivity index (χ1v) is 8.30. The van der Waals surface area contributed by atoms with Crippen molar-refractivity contribution >= 4 is 5.91 Å². The number of rotatable bonds is 6. The molecule has 3 rings (SSSR count). The summed E-state index contributed by atoms with van der Waals surface area (Å²) in [4.78, 5) is 14.4. The molecule has 0 aliphatic carbocycles. The quantitative estimate of drug-likeness (QED) is 0.764. The van der Waals surface area contributed by atoms with Crippen LogP contribution in [0.25, 0.3) is 0 Å². The number of aryl methyl sites for hydroxylation is 1. The molecule has 2 aromatic rings. The van der Waals surface area contributed by atoms with Crippen molar-refractivity contribution in [2.24, 2.45) is 7.05 Å². The van der Waals surface area contributed by atoms with E-state index in [1.54, 1.807) is 16.8 Å². The Morgan fingerprint density at radius 3 is 2.88 bits per heavy atom. The molecule has 24 heavy (non-hydrogen) atoms. The van der Waals surface area contributed by atoms with E-state index < -0.39 is 0 Å². The second-order valence-electron chi connectivity index (χ2n) is 6.10. The molecule has 1 aromatic carbocycles. The Morgan fingerprint density at radius 1 is 1.38 bits per heavy atom. The molecule has 0 saturated carbocycles. The molecule has 0 radical (unpaired) electrons. The predicted octanol–water partition coefficient (Wildman–Crippen LogP) is 3.08. The molecule has 5 nitrogen and oxygen atoms in total. The standard InChI is InChI=1S/C18H22FN3O2/c1-21-13-14(12-20-21)17-4-2-10-22(17)18(23)5-3-11-24-16-8-6-15(19)7-9-16/h6-9,12-13,17H,2-5,10-11H2,1H3. The highest BCUT2D eigenvalue weighted by Crippen LogP contribution is 2.32. The summed E-state index contributed by atoms with van der Waals surface area (Å²) in [5.41, 5.74) is 1.10. The number of hydrogen-bond donors (Lipinski definition) is 0. The molecule has 6 heteroatoms. The molecular formula is C18H22FN3O2. The van der Waals surface area contributed by atoms with Crippen molar-refractivity contribution in [2.45, 2.75) is 31.7 Å². The van der Waals surface area contributed by atoms with E-state index in [-0.39, 0.29) is 17.8 Å². The number of carbonyl (C=O) groups is 1. The van der Waals surface area contributed by atoms with Gasteiger partial charge in [-0.15, -0.1) is 0 Å². The summed E-state index contributed by atoms with van der Waals surface area (Å²) < 4.78 is 20.1. The van der Waals surface area contributed by atoms with Crippen LogP contribution in [0.15, 0.2) is 36.7 Å². The molecular weight excluding hydrogens is 309 g/mol. The van der Waals surface area contributed by atoms with Crippen LogP contribution in [0.2, 0.25) is 0 Å². The number of benzene rings is 1. The Labute approximate surface area is 141 Å². The van der Waals surface area contributed by atoms with Crippen LogP contribution in [0.5, 0.6) is 5.75 Å². The van der Waals surface area contributed by atoms with Gasteiger partial charge in [-0.2, -0.15) is 5.10 Å². The Hall–Kier alpha value is -2.37. The third-order valence-corrected chi connectivity index (χ3v) is 4.30. The second-order valence-corrected chi connectivity index (χ2v) is 6.10. The lowest BCUT2D eigenvalue weighted by Crippen LogP contribution is -2.30. The van der Waals surface area contributed by atoms with Crippen LogP contribution >= 0.6 is 0 Å². The summed E-state index contributed by atoms with van der Waals surface area (Å²) in [5.74, 6) is 0.496. The summed E-state index contributed by atoms with van der Waals surface area (Å²) in [6.07, 6.45) is 6.94. The van der Waals surface area contributed by atoms with Crippen molar-refractivity contribution in [3.63, 3.8) is 0 Å². The van der Waals surface area contributed by atoms with Crippen molar-refractivity contribution < 1.29 is 13.9 Å². The SMILES string of the molecule is Cn1cc(C2CCCN2C(=O)CCCOc2ccc(F)cc2)cn1. The Morgan fingerprint density at radius 2 is 2.17 bits per heavy atom. The maximum atomic E-state index is 12.8. The van der Waals surface area contributed by atoms with Gasteiger partial charge in [-0.05, 0) is 43.5 Å². The molecule has 128 valence electrons. The van der Waals surface area contributed by atoms with Crippen LogP contribution in [-0.4, -0.2) is 33.7 Å². The fourth-order valence-corrected chi connectivity index (χ4v) is 3.11. The Kier molecular flexibility index (Phi) is 5.13. The molecule has 0 bridgehead atoms. The van der Waals surface area contributed by atoms with Gasteiger partial charge in [-0.3, -0.25) is 9.48 Å². The number of aromatic nitrogens is 2. The van der Waals surface area contributed by atoms with Gasteiger partial charge < -0.3 is 9.64 Å². The van der Waals surface area contributed by atoms with Crippen molar-refractivity contribution in [3.8, 4) is 5.75 Å². The average molecular weight is 331 g/mol. The van der Waals surface area contributed by atoms with Crippen molar-refractivity contribution in [3.05, 3.63) is 48.0 Å². The lowest BCUT2D eigenvalue weighted by atomic mass is 10.1. The van der Waals surface area contributed by atoms with E-state index in [1.807, 2.05) is 24.3 Å². The smallest absolute Gasteiger partial charge is 0.223 e. The molecule has 1 atom stereocenters. The van der Waals surface area contributed by atoms with E-state index in [1.165, 1.54) is 12.1 Å². The molecule has 1 saturated heterocycles. The van der Waals surface area contributed by atoms with E-state index in [0.717, 1.165) is 24.9 Å². The number of carbonyl (C=O) groups excluding carboxylic acids is 1. The van der Waals surface area contributed by atoms with Gasteiger partial charge in [0, 0.05) is 31.8 Å². The monoisotopic (exact) mass is 331 g/mol. The predicted molar refractivity (Wildman–Crippen MR) is 88.0 cm³/mol. The van der Waals surface area contributed by atoms with Crippen LogP contribution in [0.1, 0.15) is 37.3 Å². The van der Waals surface area contributed by atoms with Gasteiger partial charge in [0.1, 0.15) is 11.6 Å². The number of halogens is 1. The number of nitrogens with zero attached hydrogens (tertiary/aromatic N) is 3. The minimum Gasteiger partial charge on any atom is -0.494 e. The Balaban J connectivity index is 1.46. The maximum absolute atomic E-state index is 12.8. The maximum Gasteiger partial charge on any atom is 0.223 e. The lowest BCUT2D eigenvalue weighted by Gasteiger charge is -2.24. The van der Waals surface area contributed by atoms with Gasteiger partial charge >= 0.3 is 0 Å². The number of ether oxygens (including phenoxy) is 1.